The lowest BCUT2D eigenvalue weighted by Gasteiger charge is -2.26. The summed E-state index contributed by atoms with van der Waals surface area (Å²) in [7, 11) is 0. The van der Waals surface area contributed by atoms with Crippen molar-refractivity contribution in [1.82, 2.24) is 10.2 Å². The van der Waals surface area contributed by atoms with Gasteiger partial charge in [-0.25, -0.2) is 4.79 Å². The Labute approximate surface area is 124 Å². The lowest BCUT2D eigenvalue weighted by molar-refractivity contribution is 0.168. The predicted molar refractivity (Wildman–Crippen MR) is 83.0 cm³/mol. The Morgan fingerprint density at radius 2 is 2.00 bits per heavy atom. The molecule has 1 aliphatic rings. The number of piperazine rings is 1. The van der Waals surface area contributed by atoms with Crippen molar-refractivity contribution < 1.29 is 9.53 Å². The van der Waals surface area contributed by atoms with E-state index in [1.165, 1.54) is 11.8 Å². The SMILES string of the molecule is O=C(OCc1ccccc1)SCCCN1CCNCC1. The minimum Gasteiger partial charge on any atom is -0.453 e. The van der Waals surface area contributed by atoms with Crippen LogP contribution in [-0.2, 0) is 11.3 Å². The summed E-state index contributed by atoms with van der Waals surface area (Å²) >= 11 is 1.28. The van der Waals surface area contributed by atoms with Crippen LogP contribution in [0.25, 0.3) is 0 Å². The molecule has 1 heterocycles. The molecule has 20 heavy (non-hydrogen) atoms. The van der Waals surface area contributed by atoms with Gasteiger partial charge in [0.1, 0.15) is 6.61 Å². The molecule has 0 spiro atoms. The summed E-state index contributed by atoms with van der Waals surface area (Å²) < 4.78 is 5.22. The first-order chi connectivity index (χ1) is 9.84. The second-order valence-electron chi connectivity index (χ2n) is 4.82. The Morgan fingerprint density at radius 3 is 2.75 bits per heavy atom. The third kappa shape index (κ3) is 5.94. The number of nitrogens with zero attached hydrogens (tertiary/aromatic N) is 1. The van der Waals surface area contributed by atoms with Crippen LogP contribution in [0.1, 0.15) is 12.0 Å². The molecule has 1 aromatic rings. The number of carbonyl (C=O) groups is 1. The number of benzene rings is 1. The Balaban J connectivity index is 1.51. The van der Waals surface area contributed by atoms with Crippen LogP contribution in [0.15, 0.2) is 30.3 Å². The van der Waals surface area contributed by atoms with E-state index < -0.39 is 0 Å². The molecule has 2 rings (SSSR count). The van der Waals surface area contributed by atoms with Gasteiger partial charge in [0.25, 0.3) is 0 Å². The molecular weight excluding hydrogens is 272 g/mol. The topological polar surface area (TPSA) is 41.6 Å². The van der Waals surface area contributed by atoms with Crippen LogP contribution in [0.4, 0.5) is 4.79 Å². The fourth-order valence-electron chi connectivity index (χ4n) is 2.14. The minimum atomic E-state index is -0.172. The van der Waals surface area contributed by atoms with Gasteiger partial charge in [0.2, 0.25) is 0 Å². The molecule has 1 aromatic carbocycles. The molecule has 1 fully saturated rings. The van der Waals surface area contributed by atoms with Gasteiger partial charge < -0.3 is 15.0 Å². The molecular formula is C15H22N2O2S. The number of nitrogens with one attached hydrogen (secondary N) is 1. The molecule has 0 bridgehead atoms. The van der Waals surface area contributed by atoms with E-state index in [4.69, 9.17) is 4.74 Å². The van der Waals surface area contributed by atoms with Crippen molar-refractivity contribution in [2.24, 2.45) is 0 Å². The zero-order valence-electron chi connectivity index (χ0n) is 11.7. The highest BCUT2D eigenvalue weighted by molar-refractivity contribution is 8.13. The highest BCUT2D eigenvalue weighted by Gasteiger charge is 2.09. The van der Waals surface area contributed by atoms with Gasteiger partial charge in [0, 0.05) is 31.9 Å². The van der Waals surface area contributed by atoms with Gasteiger partial charge in [0.15, 0.2) is 0 Å². The molecule has 1 aliphatic heterocycles. The van der Waals surface area contributed by atoms with Crippen LogP contribution in [0.2, 0.25) is 0 Å². The van der Waals surface area contributed by atoms with Gasteiger partial charge in [-0.05, 0) is 30.3 Å². The third-order valence-electron chi connectivity index (χ3n) is 3.25. The molecule has 0 atom stereocenters. The summed E-state index contributed by atoms with van der Waals surface area (Å²) in [6, 6.07) is 9.77. The van der Waals surface area contributed by atoms with Crippen molar-refractivity contribution in [3.63, 3.8) is 0 Å². The number of thioether (sulfide) groups is 1. The number of ether oxygens (including phenoxy) is 1. The van der Waals surface area contributed by atoms with E-state index in [0.717, 1.165) is 50.5 Å². The predicted octanol–water partition coefficient (Wildman–Crippen LogP) is 2.35. The van der Waals surface area contributed by atoms with Crippen molar-refractivity contribution in [3.05, 3.63) is 35.9 Å². The maximum absolute atomic E-state index is 11.6. The van der Waals surface area contributed by atoms with Crippen LogP contribution in [0.3, 0.4) is 0 Å². The van der Waals surface area contributed by atoms with E-state index in [2.05, 4.69) is 10.2 Å². The monoisotopic (exact) mass is 294 g/mol. The maximum atomic E-state index is 11.6. The van der Waals surface area contributed by atoms with Gasteiger partial charge in [-0.15, -0.1) is 0 Å². The van der Waals surface area contributed by atoms with Crippen LogP contribution < -0.4 is 5.32 Å². The number of rotatable bonds is 6. The summed E-state index contributed by atoms with van der Waals surface area (Å²) in [4.78, 5) is 14.0. The summed E-state index contributed by atoms with van der Waals surface area (Å²) in [6.07, 6.45) is 1.03. The first-order valence-corrected chi connectivity index (χ1v) is 8.10. The first kappa shape index (κ1) is 15.4. The lowest BCUT2D eigenvalue weighted by Crippen LogP contribution is -2.43. The molecule has 0 aliphatic carbocycles. The molecule has 0 radical (unpaired) electrons. The largest absolute Gasteiger partial charge is 0.453 e. The molecule has 1 N–H and O–H groups in total. The second kappa shape index (κ2) is 9.00. The fraction of sp³-hybridized carbons (Fsp3) is 0.533. The van der Waals surface area contributed by atoms with Crippen LogP contribution in [0, 0.1) is 0 Å². The van der Waals surface area contributed by atoms with Gasteiger partial charge in [-0.1, -0.05) is 30.3 Å². The number of hydrogen-bond donors (Lipinski definition) is 1. The number of carbonyl (C=O) groups excluding carboxylic acids is 1. The van der Waals surface area contributed by atoms with E-state index in [9.17, 15) is 4.79 Å². The molecule has 0 amide bonds. The number of hydrogen-bond acceptors (Lipinski definition) is 5. The average molecular weight is 294 g/mol. The Morgan fingerprint density at radius 1 is 1.25 bits per heavy atom. The highest BCUT2D eigenvalue weighted by atomic mass is 32.2. The van der Waals surface area contributed by atoms with Crippen molar-refractivity contribution in [2.75, 3.05) is 38.5 Å². The summed E-state index contributed by atoms with van der Waals surface area (Å²) in [6.45, 7) is 5.82. The Kier molecular flexibility index (Phi) is 6.91. The summed E-state index contributed by atoms with van der Waals surface area (Å²) in [5.74, 6) is 0.831. The van der Waals surface area contributed by atoms with Crippen molar-refractivity contribution in [1.29, 1.82) is 0 Å². The highest BCUT2D eigenvalue weighted by Crippen LogP contribution is 2.10. The molecule has 110 valence electrons. The molecule has 0 unspecified atom stereocenters. The summed E-state index contributed by atoms with van der Waals surface area (Å²) in [5, 5.41) is 3.16. The molecule has 0 saturated carbocycles. The Bertz CT molecular complexity index is 394. The molecule has 1 saturated heterocycles. The smallest absolute Gasteiger partial charge is 0.367 e. The lowest BCUT2D eigenvalue weighted by atomic mass is 10.2. The second-order valence-corrected chi connectivity index (χ2v) is 5.85. The zero-order chi connectivity index (χ0) is 14.0. The van der Waals surface area contributed by atoms with Gasteiger partial charge in [-0.3, -0.25) is 0 Å². The van der Waals surface area contributed by atoms with E-state index in [0.29, 0.717) is 6.61 Å². The van der Waals surface area contributed by atoms with Crippen LogP contribution >= 0.6 is 11.8 Å². The molecule has 0 aromatic heterocycles. The van der Waals surface area contributed by atoms with E-state index in [1.807, 2.05) is 30.3 Å². The molecule has 5 heteroatoms. The minimum absolute atomic E-state index is 0.172. The van der Waals surface area contributed by atoms with E-state index >= 15 is 0 Å². The van der Waals surface area contributed by atoms with Crippen LogP contribution in [0.5, 0.6) is 0 Å². The normalized spacial score (nSPS) is 16.0. The maximum Gasteiger partial charge on any atom is 0.367 e. The quantitative estimate of drug-likeness (QED) is 0.644. The van der Waals surface area contributed by atoms with E-state index in [1.54, 1.807) is 0 Å². The summed E-state index contributed by atoms with van der Waals surface area (Å²) in [5.41, 5.74) is 1.03. The molecule has 4 nitrogen and oxygen atoms in total. The standard InChI is InChI=1S/C15H22N2O2S/c18-15(19-13-14-5-2-1-3-6-14)20-12-4-9-17-10-7-16-8-11-17/h1-3,5-6,16H,4,7-13H2. The Hall–Kier alpha value is -1.04. The zero-order valence-corrected chi connectivity index (χ0v) is 12.5. The van der Waals surface area contributed by atoms with Crippen molar-refractivity contribution in [2.45, 2.75) is 13.0 Å². The van der Waals surface area contributed by atoms with Crippen molar-refractivity contribution >= 4 is 17.1 Å². The van der Waals surface area contributed by atoms with E-state index in [-0.39, 0.29) is 5.30 Å². The third-order valence-corrected chi connectivity index (χ3v) is 4.09. The van der Waals surface area contributed by atoms with Gasteiger partial charge >= 0.3 is 5.30 Å². The van der Waals surface area contributed by atoms with Crippen molar-refractivity contribution in [3.8, 4) is 0 Å². The van der Waals surface area contributed by atoms with Gasteiger partial charge in [-0.2, -0.15) is 0 Å². The average Bonchev–Trinajstić information content (AvgIpc) is 2.52. The van der Waals surface area contributed by atoms with Gasteiger partial charge in [0.05, 0.1) is 0 Å². The fourth-order valence-corrected chi connectivity index (χ4v) is 2.72. The van der Waals surface area contributed by atoms with Crippen LogP contribution in [-0.4, -0.2) is 48.7 Å². The first-order valence-electron chi connectivity index (χ1n) is 7.11.